The Morgan fingerprint density at radius 2 is 1.91 bits per heavy atom. The Hall–Kier alpha value is -2.12. The van der Waals surface area contributed by atoms with Crippen molar-refractivity contribution in [2.45, 2.75) is 25.4 Å². The van der Waals surface area contributed by atoms with Crippen molar-refractivity contribution < 1.29 is 19.5 Å². The molecule has 7 nitrogen and oxygen atoms in total. The lowest BCUT2D eigenvalue weighted by molar-refractivity contribution is -0.147. The first-order valence-corrected chi connectivity index (χ1v) is 7.63. The average molecular weight is 321 g/mol. The second-order valence-corrected chi connectivity index (χ2v) is 5.61. The predicted octanol–water partition coefficient (Wildman–Crippen LogP) is 1.55. The van der Waals surface area contributed by atoms with E-state index in [1.54, 1.807) is 31.2 Å². The molecule has 1 fully saturated rings. The Kier molecular flexibility index (Phi) is 5.95. The molecule has 126 valence electrons. The first kappa shape index (κ1) is 17.2. The van der Waals surface area contributed by atoms with Crippen molar-refractivity contribution in [3.63, 3.8) is 0 Å². The molecule has 0 radical (unpaired) electrons. The van der Waals surface area contributed by atoms with Crippen molar-refractivity contribution in [2.24, 2.45) is 0 Å². The molecule has 1 aromatic carbocycles. The number of hydrogen-bond donors (Lipinski definition) is 2. The van der Waals surface area contributed by atoms with E-state index in [-0.39, 0.29) is 17.6 Å². The van der Waals surface area contributed by atoms with E-state index in [1.807, 2.05) is 5.06 Å². The first-order valence-electron chi connectivity index (χ1n) is 7.63. The van der Waals surface area contributed by atoms with Gasteiger partial charge in [-0.2, -0.15) is 5.06 Å². The van der Waals surface area contributed by atoms with E-state index in [4.69, 9.17) is 9.94 Å². The monoisotopic (exact) mass is 321 g/mol. The molecule has 23 heavy (non-hydrogen) atoms. The number of carbonyl (C=O) groups excluding carboxylic acids is 1. The Bertz CT molecular complexity index is 539. The molecule has 7 heteroatoms. The van der Waals surface area contributed by atoms with Crippen LogP contribution in [0.25, 0.3) is 0 Å². The standard InChI is InChI=1S/C16H23N3O4/c1-18(14-7-9-19(23-2)10-8-14)16(22)17-11-12-3-5-13(6-4-12)15(20)21/h3-6,14H,7-11H2,1-2H3,(H,17,22)(H,20,21). The zero-order chi connectivity index (χ0) is 16.8. The van der Waals surface area contributed by atoms with E-state index in [9.17, 15) is 9.59 Å². The van der Waals surface area contributed by atoms with Crippen molar-refractivity contribution in [2.75, 3.05) is 27.2 Å². The lowest BCUT2D eigenvalue weighted by atomic mass is 10.1. The van der Waals surface area contributed by atoms with Gasteiger partial charge in [-0.25, -0.2) is 9.59 Å². The van der Waals surface area contributed by atoms with Crippen LogP contribution in [0.3, 0.4) is 0 Å². The van der Waals surface area contributed by atoms with Crippen molar-refractivity contribution >= 4 is 12.0 Å². The summed E-state index contributed by atoms with van der Waals surface area (Å²) in [6, 6.07) is 6.57. The van der Waals surface area contributed by atoms with Crippen molar-refractivity contribution in [1.82, 2.24) is 15.3 Å². The lowest BCUT2D eigenvalue weighted by Crippen LogP contribution is -2.48. The number of hydroxylamine groups is 2. The summed E-state index contributed by atoms with van der Waals surface area (Å²) in [5.41, 5.74) is 1.10. The number of hydrogen-bond acceptors (Lipinski definition) is 4. The van der Waals surface area contributed by atoms with Crippen LogP contribution < -0.4 is 5.32 Å². The van der Waals surface area contributed by atoms with Crippen LogP contribution in [0.1, 0.15) is 28.8 Å². The van der Waals surface area contributed by atoms with Crippen LogP contribution in [0.15, 0.2) is 24.3 Å². The van der Waals surface area contributed by atoms with Crippen molar-refractivity contribution in [3.8, 4) is 0 Å². The Balaban J connectivity index is 1.81. The van der Waals surface area contributed by atoms with Crippen molar-refractivity contribution in [3.05, 3.63) is 35.4 Å². The van der Waals surface area contributed by atoms with Crippen LogP contribution in [-0.4, -0.2) is 60.4 Å². The minimum Gasteiger partial charge on any atom is -0.478 e. The molecule has 1 aliphatic heterocycles. The van der Waals surface area contributed by atoms with Gasteiger partial charge in [0, 0.05) is 32.7 Å². The topological polar surface area (TPSA) is 82.1 Å². The summed E-state index contributed by atoms with van der Waals surface area (Å²) in [4.78, 5) is 29.9. The fourth-order valence-corrected chi connectivity index (χ4v) is 2.65. The third-order valence-electron chi connectivity index (χ3n) is 4.19. The summed E-state index contributed by atoms with van der Waals surface area (Å²) in [6.45, 7) is 2.00. The molecule has 0 spiro atoms. The van der Waals surface area contributed by atoms with Gasteiger partial charge < -0.3 is 20.2 Å². The molecule has 2 N–H and O–H groups in total. The van der Waals surface area contributed by atoms with E-state index in [0.29, 0.717) is 6.54 Å². The van der Waals surface area contributed by atoms with E-state index >= 15 is 0 Å². The summed E-state index contributed by atoms with van der Waals surface area (Å²) in [6.07, 6.45) is 1.76. The van der Waals surface area contributed by atoms with Crippen molar-refractivity contribution in [1.29, 1.82) is 0 Å². The predicted molar refractivity (Wildman–Crippen MR) is 85.0 cm³/mol. The zero-order valence-corrected chi connectivity index (χ0v) is 13.5. The number of carboxylic acid groups (broad SMARTS) is 1. The van der Waals surface area contributed by atoms with E-state index in [0.717, 1.165) is 31.5 Å². The molecule has 2 rings (SSSR count). The van der Waals surface area contributed by atoms with E-state index in [2.05, 4.69) is 5.32 Å². The molecular weight excluding hydrogens is 298 g/mol. The lowest BCUT2D eigenvalue weighted by Gasteiger charge is -2.35. The molecule has 1 heterocycles. The number of piperidine rings is 1. The SMILES string of the molecule is CON1CCC(N(C)C(=O)NCc2ccc(C(=O)O)cc2)CC1. The van der Waals surface area contributed by atoms with Gasteiger partial charge in [0.05, 0.1) is 12.7 Å². The highest BCUT2D eigenvalue weighted by Crippen LogP contribution is 2.15. The van der Waals surface area contributed by atoms with Gasteiger partial charge in [-0.15, -0.1) is 0 Å². The highest BCUT2D eigenvalue weighted by Gasteiger charge is 2.25. The van der Waals surface area contributed by atoms with Crippen LogP contribution in [0, 0.1) is 0 Å². The Labute approximate surface area is 135 Å². The molecule has 2 amide bonds. The number of amides is 2. The maximum atomic E-state index is 12.2. The number of carbonyl (C=O) groups is 2. The molecule has 0 atom stereocenters. The number of aromatic carboxylic acids is 1. The summed E-state index contributed by atoms with van der Waals surface area (Å²) in [5, 5.41) is 13.6. The Morgan fingerprint density at radius 3 is 2.43 bits per heavy atom. The maximum Gasteiger partial charge on any atom is 0.335 e. The van der Waals surface area contributed by atoms with Gasteiger partial charge in [-0.1, -0.05) is 12.1 Å². The van der Waals surface area contributed by atoms with Gasteiger partial charge in [-0.3, -0.25) is 0 Å². The minimum absolute atomic E-state index is 0.122. The van der Waals surface area contributed by atoms with Gasteiger partial charge in [-0.05, 0) is 30.5 Å². The van der Waals surface area contributed by atoms with E-state index in [1.165, 1.54) is 12.1 Å². The first-order chi connectivity index (χ1) is 11.0. The van der Waals surface area contributed by atoms with Crippen LogP contribution in [-0.2, 0) is 11.4 Å². The van der Waals surface area contributed by atoms with Gasteiger partial charge in [0.25, 0.3) is 0 Å². The van der Waals surface area contributed by atoms with Crippen LogP contribution >= 0.6 is 0 Å². The normalized spacial score (nSPS) is 16.1. The second kappa shape index (κ2) is 7.94. The van der Waals surface area contributed by atoms with Crippen LogP contribution in [0.2, 0.25) is 0 Å². The molecule has 1 saturated heterocycles. The smallest absolute Gasteiger partial charge is 0.335 e. The Morgan fingerprint density at radius 1 is 1.30 bits per heavy atom. The summed E-state index contributed by atoms with van der Waals surface area (Å²) >= 11 is 0. The number of carboxylic acids is 1. The minimum atomic E-state index is -0.956. The molecule has 0 bridgehead atoms. The average Bonchev–Trinajstić information content (AvgIpc) is 2.59. The van der Waals surface area contributed by atoms with Gasteiger partial charge in [0.1, 0.15) is 0 Å². The third kappa shape index (κ3) is 4.67. The number of nitrogens with one attached hydrogen (secondary N) is 1. The fourth-order valence-electron chi connectivity index (χ4n) is 2.65. The molecule has 0 unspecified atom stereocenters. The number of rotatable bonds is 5. The van der Waals surface area contributed by atoms with Gasteiger partial charge in [0.2, 0.25) is 0 Å². The quantitative estimate of drug-likeness (QED) is 0.860. The van der Waals surface area contributed by atoms with E-state index < -0.39 is 5.97 Å². The van der Waals surface area contributed by atoms with Gasteiger partial charge in [0.15, 0.2) is 0 Å². The van der Waals surface area contributed by atoms with Crippen LogP contribution in [0.5, 0.6) is 0 Å². The number of urea groups is 1. The molecule has 1 aliphatic rings. The summed E-state index contributed by atoms with van der Waals surface area (Å²) < 4.78 is 0. The molecule has 0 aromatic heterocycles. The highest BCUT2D eigenvalue weighted by atomic mass is 16.7. The van der Waals surface area contributed by atoms with Crippen LogP contribution in [0.4, 0.5) is 4.79 Å². The molecule has 0 saturated carbocycles. The summed E-state index contributed by atoms with van der Waals surface area (Å²) in [7, 11) is 3.46. The third-order valence-corrected chi connectivity index (χ3v) is 4.19. The highest BCUT2D eigenvalue weighted by molar-refractivity contribution is 5.87. The summed E-state index contributed by atoms with van der Waals surface area (Å²) in [5.74, 6) is -0.956. The molecule has 1 aromatic rings. The molecule has 0 aliphatic carbocycles. The van der Waals surface area contributed by atoms with Gasteiger partial charge >= 0.3 is 12.0 Å². The maximum absolute atomic E-state index is 12.2. The molecular formula is C16H23N3O4. The fraction of sp³-hybridized carbons (Fsp3) is 0.500. The largest absolute Gasteiger partial charge is 0.478 e. The second-order valence-electron chi connectivity index (χ2n) is 5.61. The number of nitrogens with zero attached hydrogens (tertiary/aromatic N) is 2. The number of benzene rings is 1. The zero-order valence-electron chi connectivity index (χ0n) is 13.5.